The monoisotopic (exact) mass is 309 g/mol. The maximum absolute atomic E-state index is 13.0. The summed E-state index contributed by atoms with van der Waals surface area (Å²) in [4.78, 5) is 15.2. The molecule has 2 rings (SSSR count). The number of nitrogens with two attached hydrogens (primary N) is 2. The van der Waals surface area contributed by atoms with Gasteiger partial charge in [-0.15, -0.1) is 0 Å². The fourth-order valence-electron chi connectivity index (χ4n) is 2.33. The third-order valence-electron chi connectivity index (χ3n) is 3.38. The number of pyridine rings is 1. The summed E-state index contributed by atoms with van der Waals surface area (Å²) in [7, 11) is 0. The Morgan fingerprint density at radius 1 is 1.23 bits per heavy atom. The number of carbonyl (C=O) groups excluding carboxylic acids is 1. The van der Waals surface area contributed by atoms with E-state index in [9.17, 15) is 18.0 Å². The predicted octanol–water partition coefficient (Wildman–Crippen LogP) is 3.07. The molecular formula is C15H14F3N3O. The first-order chi connectivity index (χ1) is 10.1. The highest BCUT2D eigenvalue weighted by Crippen LogP contribution is 2.39. The lowest BCUT2D eigenvalue weighted by Gasteiger charge is -2.17. The van der Waals surface area contributed by atoms with Crippen LogP contribution in [0.1, 0.15) is 27.0 Å². The first kappa shape index (κ1) is 15.8. The number of aryl methyl sites for hydroxylation is 1. The lowest BCUT2D eigenvalue weighted by molar-refractivity contribution is -0.138. The van der Waals surface area contributed by atoms with E-state index >= 15 is 0 Å². The fourth-order valence-corrected chi connectivity index (χ4v) is 2.33. The molecule has 0 radical (unpaired) electrons. The van der Waals surface area contributed by atoms with E-state index in [2.05, 4.69) is 4.98 Å². The molecule has 0 spiro atoms. The molecule has 0 aliphatic heterocycles. The Morgan fingerprint density at radius 3 is 2.41 bits per heavy atom. The summed E-state index contributed by atoms with van der Waals surface area (Å²) in [5, 5.41) is 0. The SMILES string of the molecule is Cc1ccc(C(N)=O)c(-c2c(N)ncc(C(F)(F)F)c2C)c1. The summed E-state index contributed by atoms with van der Waals surface area (Å²) in [6.07, 6.45) is -3.87. The van der Waals surface area contributed by atoms with Crippen LogP contribution in [-0.2, 0) is 6.18 Å². The second-order valence-corrected chi connectivity index (χ2v) is 4.97. The molecule has 0 aliphatic rings. The Labute approximate surface area is 125 Å². The minimum atomic E-state index is -4.56. The lowest BCUT2D eigenvalue weighted by atomic mass is 9.92. The summed E-state index contributed by atoms with van der Waals surface area (Å²) in [5.74, 6) is -0.829. The number of hydrogen-bond acceptors (Lipinski definition) is 3. The van der Waals surface area contributed by atoms with E-state index in [0.29, 0.717) is 6.20 Å². The molecule has 7 heteroatoms. The van der Waals surface area contributed by atoms with E-state index in [-0.39, 0.29) is 28.1 Å². The number of amides is 1. The first-order valence-corrected chi connectivity index (χ1v) is 6.36. The minimum absolute atomic E-state index is 0.0762. The predicted molar refractivity (Wildman–Crippen MR) is 77.1 cm³/mol. The van der Waals surface area contributed by atoms with Crippen LogP contribution in [0.25, 0.3) is 11.1 Å². The van der Waals surface area contributed by atoms with Crippen molar-refractivity contribution < 1.29 is 18.0 Å². The van der Waals surface area contributed by atoms with Crippen LogP contribution in [0.15, 0.2) is 24.4 Å². The van der Waals surface area contributed by atoms with E-state index in [4.69, 9.17) is 11.5 Å². The van der Waals surface area contributed by atoms with Crippen molar-refractivity contribution >= 4 is 11.7 Å². The van der Waals surface area contributed by atoms with Crippen molar-refractivity contribution in [2.24, 2.45) is 5.73 Å². The Balaban J connectivity index is 2.84. The van der Waals surface area contributed by atoms with E-state index < -0.39 is 17.6 Å². The zero-order valence-electron chi connectivity index (χ0n) is 12.0. The van der Waals surface area contributed by atoms with Crippen LogP contribution in [0, 0.1) is 13.8 Å². The van der Waals surface area contributed by atoms with Gasteiger partial charge < -0.3 is 11.5 Å². The minimum Gasteiger partial charge on any atom is -0.383 e. The van der Waals surface area contributed by atoms with E-state index in [0.717, 1.165) is 5.56 Å². The van der Waals surface area contributed by atoms with Gasteiger partial charge in [0.05, 0.1) is 5.56 Å². The Kier molecular flexibility index (Phi) is 3.83. The lowest BCUT2D eigenvalue weighted by Crippen LogP contribution is -2.15. The third-order valence-corrected chi connectivity index (χ3v) is 3.38. The van der Waals surface area contributed by atoms with Crippen molar-refractivity contribution in [2.75, 3.05) is 5.73 Å². The Bertz CT molecular complexity index is 754. The summed E-state index contributed by atoms with van der Waals surface area (Å²) >= 11 is 0. The molecule has 1 heterocycles. The van der Waals surface area contributed by atoms with Gasteiger partial charge in [-0.2, -0.15) is 13.2 Å². The first-order valence-electron chi connectivity index (χ1n) is 6.36. The van der Waals surface area contributed by atoms with Crippen LogP contribution in [0.2, 0.25) is 0 Å². The second-order valence-electron chi connectivity index (χ2n) is 4.97. The molecule has 0 fully saturated rings. The molecule has 0 saturated carbocycles. The summed E-state index contributed by atoms with van der Waals surface area (Å²) in [6.45, 7) is 3.05. The average molecular weight is 309 g/mol. The largest absolute Gasteiger partial charge is 0.418 e. The highest BCUT2D eigenvalue weighted by atomic mass is 19.4. The number of alkyl halides is 3. The number of halogens is 3. The van der Waals surface area contributed by atoms with Crippen LogP contribution in [0.4, 0.5) is 19.0 Å². The normalized spacial score (nSPS) is 11.5. The summed E-state index contributed by atoms with van der Waals surface area (Å²) < 4.78 is 39.1. The van der Waals surface area contributed by atoms with Gasteiger partial charge in [0.2, 0.25) is 5.91 Å². The Hall–Kier alpha value is -2.57. The van der Waals surface area contributed by atoms with Gasteiger partial charge in [-0.05, 0) is 31.0 Å². The van der Waals surface area contributed by atoms with Gasteiger partial charge in [0.15, 0.2) is 0 Å². The molecule has 0 saturated heterocycles. The van der Waals surface area contributed by atoms with Gasteiger partial charge in [0.1, 0.15) is 5.82 Å². The van der Waals surface area contributed by atoms with Crippen LogP contribution < -0.4 is 11.5 Å². The number of nitrogen functional groups attached to an aromatic ring is 1. The fraction of sp³-hybridized carbons (Fsp3) is 0.200. The highest BCUT2D eigenvalue weighted by Gasteiger charge is 2.34. The van der Waals surface area contributed by atoms with Gasteiger partial charge >= 0.3 is 6.18 Å². The van der Waals surface area contributed by atoms with Crippen LogP contribution in [-0.4, -0.2) is 10.9 Å². The zero-order chi connectivity index (χ0) is 16.7. The van der Waals surface area contributed by atoms with Crippen molar-refractivity contribution in [2.45, 2.75) is 20.0 Å². The maximum atomic E-state index is 13.0. The molecule has 0 unspecified atom stereocenters. The van der Waals surface area contributed by atoms with Crippen molar-refractivity contribution in [1.82, 2.24) is 4.98 Å². The number of carbonyl (C=O) groups is 1. The molecule has 1 aromatic carbocycles. The van der Waals surface area contributed by atoms with Crippen LogP contribution in [0.5, 0.6) is 0 Å². The van der Waals surface area contributed by atoms with E-state index in [1.54, 1.807) is 19.1 Å². The quantitative estimate of drug-likeness (QED) is 0.894. The second kappa shape index (κ2) is 5.32. The molecule has 0 atom stereocenters. The number of anilines is 1. The highest BCUT2D eigenvalue weighted by molar-refractivity contribution is 6.01. The number of primary amides is 1. The molecule has 1 aromatic heterocycles. The number of benzene rings is 1. The molecule has 4 N–H and O–H groups in total. The van der Waals surface area contributed by atoms with E-state index in [1.165, 1.54) is 13.0 Å². The molecule has 0 aliphatic carbocycles. The molecular weight excluding hydrogens is 295 g/mol. The maximum Gasteiger partial charge on any atom is 0.418 e. The summed E-state index contributed by atoms with van der Waals surface area (Å²) in [5.41, 5.74) is 11.3. The van der Waals surface area contributed by atoms with Gasteiger partial charge in [0.25, 0.3) is 0 Å². The average Bonchev–Trinajstić information content (AvgIpc) is 2.36. The van der Waals surface area contributed by atoms with Crippen molar-refractivity contribution in [3.8, 4) is 11.1 Å². The zero-order valence-corrected chi connectivity index (χ0v) is 12.0. The van der Waals surface area contributed by atoms with Crippen LogP contribution >= 0.6 is 0 Å². The standard InChI is InChI=1S/C15H14F3N3O/c1-7-3-4-9(14(20)22)10(5-7)12-8(2)11(15(16,17)18)6-21-13(12)19/h3-6H,1-2H3,(H2,19,21)(H2,20,22). The molecule has 0 bridgehead atoms. The summed E-state index contributed by atoms with van der Waals surface area (Å²) in [6, 6.07) is 4.68. The number of rotatable bonds is 2. The molecule has 1 amide bonds. The van der Waals surface area contributed by atoms with Crippen LogP contribution in [0.3, 0.4) is 0 Å². The van der Waals surface area contributed by atoms with Gasteiger partial charge in [-0.1, -0.05) is 17.7 Å². The van der Waals surface area contributed by atoms with Crippen molar-refractivity contribution in [1.29, 1.82) is 0 Å². The topological polar surface area (TPSA) is 82.0 Å². The molecule has 116 valence electrons. The van der Waals surface area contributed by atoms with Gasteiger partial charge in [0, 0.05) is 17.3 Å². The number of nitrogens with zero attached hydrogens (tertiary/aromatic N) is 1. The Morgan fingerprint density at radius 2 is 1.86 bits per heavy atom. The third kappa shape index (κ3) is 2.74. The van der Waals surface area contributed by atoms with E-state index in [1.807, 2.05) is 0 Å². The number of hydrogen-bond donors (Lipinski definition) is 2. The molecule has 2 aromatic rings. The van der Waals surface area contributed by atoms with Crippen molar-refractivity contribution in [3.05, 3.63) is 46.6 Å². The molecule has 22 heavy (non-hydrogen) atoms. The van der Waals surface area contributed by atoms with Gasteiger partial charge in [-0.25, -0.2) is 4.98 Å². The van der Waals surface area contributed by atoms with Gasteiger partial charge in [-0.3, -0.25) is 4.79 Å². The molecule has 4 nitrogen and oxygen atoms in total. The smallest absolute Gasteiger partial charge is 0.383 e. The van der Waals surface area contributed by atoms with Crippen molar-refractivity contribution in [3.63, 3.8) is 0 Å². The number of aromatic nitrogens is 1.